The van der Waals surface area contributed by atoms with Crippen molar-refractivity contribution in [2.75, 3.05) is 18.0 Å². The number of ether oxygens (including phenoxy) is 1. The average molecular weight is 240 g/mol. The highest BCUT2D eigenvalue weighted by Crippen LogP contribution is 2.23. The van der Waals surface area contributed by atoms with E-state index in [2.05, 4.69) is 4.98 Å². The lowest BCUT2D eigenvalue weighted by molar-refractivity contribution is -0.00566. The van der Waals surface area contributed by atoms with Crippen molar-refractivity contribution in [3.63, 3.8) is 0 Å². The number of pyridine rings is 1. The van der Waals surface area contributed by atoms with E-state index in [-0.39, 0.29) is 24.4 Å². The van der Waals surface area contributed by atoms with Gasteiger partial charge in [-0.05, 0) is 19.9 Å². The van der Waals surface area contributed by atoms with Crippen molar-refractivity contribution in [1.29, 1.82) is 0 Å². The van der Waals surface area contributed by atoms with Crippen LogP contribution in [0.2, 0.25) is 0 Å². The maximum absolute atomic E-state index is 14.0. The quantitative estimate of drug-likeness (QED) is 0.847. The highest BCUT2D eigenvalue weighted by atomic mass is 19.1. The van der Waals surface area contributed by atoms with Crippen LogP contribution in [0, 0.1) is 5.82 Å². The Morgan fingerprint density at radius 2 is 2.12 bits per heavy atom. The summed E-state index contributed by atoms with van der Waals surface area (Å²) < 4.78 is 19.6. The van der Waals surface area contributed by atoms with Gasteiger partial charge < -0.3 is 14.7 Å². The van der Waals surface area contributed by atoms with Gasteiger partial charge in [0.05, 0.1) is 18.8 Å². The number of anilines is 1. The highest BCUT2D eigenvalue weighted by molar-refractivity contribution is 5.43. The molecule has 0 amide bonds. The van der Waals surface area contributed by atoms with Crippen LogP contribution in [0.15, 0.2) is 12.3 Å². The van der Waals surface area contributed by atoms with E-state index in [0.717, 1.165) is 0 Å². The summed E-state index contributed by atoms with van der Waals surface area (Å²) in [7, 11) is 0. The topological polar surface area (TPSA) is 45.6 Å². The Morgan fingerprint density at radius 3 is 2.71 bits per heavy atom. The van der Waals surface area contributed by atoms with Crippen LogP contribution in [0.5, 0.6) is 0 Å². The van der Waals surface area contributed by atoms with Gasteiger partial charge in [0, 0.05) is 24.8 Å². The van der Waals surface area contributed by atoms with Gasteiger partial charge >= 0.3 is 0 Å². The first kappa shape index (κ1) is 12.3. The molecule has 0 unspecified atom stereocenters. The number of halogens is 1. The van der Waals surface area contributed by atoms with E-state index >= 15 is 0 Å². The molecule has 5 heteroatoms. The molecular formula is C12H17FN2O2. The summed E-state index contributed by atoms with van der Waals surface area (Å²) in [5.74, 6) is -0.130. The maximum atomic E-state index is 14.0. The first-order chi connectivity index (χ1) is 8.11. The second kappa shape index (κ2) is 4.98. The minimum absolute atomic E-state index is 0.0535. The zero-order valence-electron chi connectivity index (χ0n) is 10.1. The smallest absolute Gasteiger partial charge is 0.171 e. The van der Waals surface area contributed by atoms with Crippen LogP contribution in [0.4, 0.5) is 10.2 Å². The zero-order chi connectivity index (χ0) is 12.4. The number of morpholine rings is 1. The average Bonchev–Trinajstić information content (AvgIpc) is 2.28. The van der Waals surface area contributed by atoms with Crippen molar-refractivity contribution in [2.45, 2.75) is 32.7 Å². The Bertz CT molecular complexity index is 390. The van der Waals surface area contributed by atoms with Crippen molar-refractivity contribution in [2.24, 2.45) is 0 Å². The molecule has 0 radical (unpaired) electrons. The number of aliphatic hydroxyl groups excluding tert-OH is 1. The fourth-order valence-corrected chi connectivity index (χ4v) is 2.16. The molecule has 0 spiro atoms. The van der Waals surface area contributed by atoms with Crippen LogP contribution in [0.25, 0.3) is 0 Å². The maximum Gasteiger partial charge on any atom is 0.171 e. The molecule has 0 saturated carbocycles. The predicted molar refractivity (Wildman–Crippen MR) is 62.3 cm³/mol. The van der Waals surface area contributed by atoms with E-state index < -0.39 is 5.82 Å². The van der Waals surface area contributed by atoms with Crippen molar-refractivity contribution >= 4 is 5.82 Å². The van der Waals surface area contributed by atoms with Gasteiger partial charge in [-0.25, -0.2) is 9.37 Å². The van der Waals surface area contributed by atoms with E-state index in [1.54, 1.807) is 0 Å². The third-order valence-electron chi connectivity index (χ3n) is 2.84. The second-order valence-electron chi connectivity index (χ2n) is 4.43. The van der Waals surface area contributed by atoms with Gasteiger partial charge in [0.2, 0.25) is 0 Å². The van der Waals surface area contributed by atoms with Crippen molar-refractivity contribution in [3.05, 3.63) is 23.6 Å². The lowest BCUT2D eigenvalue weighted by Gasteiger charge is -2.36. The molecule has 2 atom stereocenters. The minimum Gasteiger partial charge on any atom is -0.392 e. The van der Waals surface area contributed by atoms with Crippen LogP contribution in [0.1, 0.15) is 19.4 Å². The van der Waals surface area contributed by atoms with Crippen LogP contribution < -0.4 is 4.90 Å². The fraction of sp³-hybridized carbons (Fsp3) is 0.583. The molecule has 1 fully saturated rings. The number of aliphatic hydroxyl groups is 1. The van der Waals surface area contributed by atoms with Crippen molar-refractivity contribution in [3.8, 4) is 0 Å². The second-order valence-corrected chi connectivity index (χ2v) is 4.43. The first-order valence-electron chi connectivity index (χ1n) is 5.76. The van der Waals surface area contributed by atoms with Gasteiger partial charge in [0.15, 0.2) is 11.6 Å². The molecule has 94 valence electrons. The molecule has 2 rings (SSSR count). The Kier molecular flexibility index (Phi) is 3.59. The summed E-state index contributed by atoms with van der Waals surface area (Å²) in [5, 5.41) is 9.03. The Labute approximate surface area is 100 Å². The third-order valence-corrected chi connectivity index (χ3v) is 2.84. The van der Waals surface area contributed by atoms with E-state index in [9.17, 15) is 4.39 Å². The van der Waals surface area contributed by atoms with Gasteiger partial charge in [-0.3, -0.25) is 0 Å². The highest BCUT2D eigenvalue weighted by Gasteiger charge is 2.25. The number of nitrogens with zero attached hydrogens (tertiary/aromatic N) is 2. The molecule has 0 aliphatic carbocycles. The van der Waals surface area contributed by atoms with E-state index in [1.807, 2.05) is 18.7 Å². The summed E-state index contributed by atoms with van der Waals surface area (Å²) in [6.45, 7) is 4.83. The Hall–Kier alpha value is -1.20. The number of aromatic nitrogens is 1. The lowest BCUT2D eigenvalue weighted by Crippen LogP contribution is -2.46. The normalized spacial score (nSPS) is 25.1. The molecule has 0 bridgehead atoms. The van der Waals surface area contributed by atoms with Crippen LogP contribution in [0.3, 0.4) is 0 Å². The summed E-state index contributed by atoms with van der Waals surface area (Å²) in [6.07, 6.45) is 1.63. The predicted octanol–water partition coefficient (Wildman–Crippen LogP) is 1.33. The number of hydrogen-bond acceptors (Lipinski definition) is 4. The molecule has 4 nitrogen and oxygen atoms in total. The summed E-state index contributed by atoms with van der Waals surface area (Å²) in [4.78, 5) is 5.93. The Balaban J connectivity index is 2.27. The molecule has 1 aliphatic heterocycles. The molecule has 1 N–H and O–H groups in total. The van der Waals surface area contributed by atoms with Gasteiger partial charge in [-0.1, -0.05) is 0 Å². The van der Waals surface area contributed by atoms with Gasteiger partial charge in [0.25, 0.3) is 0 Å². The number of rotatable bonds is 2. The minimum atomic E-state index is -0.434. The number of hydrogen-bond donors (Lipinski definition) is 1. The zero-order valence-corrected chi connectivity index (χ0v) is 10.1. The van der Waals surface area contributed by atoms with Gasteiger partial charge in [-0.2, -0.15) is 0 Å². The van der Waals surface area contributed by atoms with Crippen LogP contribution in [-0.2, 0) is 11.3 Å². The largest absolute Gasteiger partial charge is 0.392 e. The van der Waals surface area contributed by atoms with E-state index in [4.69, 9.17) is 9.84 Å². The Morgan fingerprint density at radius 1 is 1.47 bits per heavy atom. The monoisotopic (exact) mass is 240 g/mol. The van der Waals surface area contributed by atoms with Crippen LogP contribution in [-0.4, -0.2) is 35.4 Å². The van der Waals surface area contributed by atoms with Crippen molar-refractivity contribution in [1.82, 2.24) is 4.98 Å². The molecule has 1 aliphatic rings. The summed E-state index contributed by atoms with van der Waals surface area (Å²) in [5.41, 5.74) is 0.279. The third kappa shape index (κ3) is 2.56. The fourth-order valence-electron chi connectivity index (χ4n) is 2.16. The van der Waals surface area contributed by atoms with Gasteiger partial charge in [-0.15, -0.1) is 0 Å². The summed E-state index contributed by atoms with van der Waals surface area (Å²) >= 11 is 0. The van der Waals surface area contributed by atoms with Gasteiger partial charge in [0.1, 0.15) is 0 Å². The van der Waals surface area contributed by atoms with Crippen LogP contribution >= 0.6 is 0 Å². The molecular weight excluding hydrogens is 223 g/mol. The molecule has 2 heterocycles. The molecule has 1 aromatic rings. The summed E-state index contributed by atoms with van der Waals surface area (Å²) in [6, 6.07) is 1.49. The molecule has 0 aromatic carbocycles. The molecule has 1 aromatic heterocycles. The molecule has 17 heavy (non-hydrogen) atoms. The lowest BCUT2D eigenvalue weighted by atomic mass is 10.2. The van der Waals surface area contributed by atoms with E-state index in [1.165, 1.54) is 12.3 Å². The molecule has 1 saturated heterocycles. The SMILES string of the molecule is C[C@@H]1CN(c2nccc(CO)c2F)C[C@H](C)O1. The van der Waals surface area contributed by atoms with Crippen molar-refractivity contribution < 1.29 is 14.2 Å². The standard InChI is InChI=1S/C12H17FN2O2/c1-8-5-15(6-9(2)17-8)12-11(13)10(7-16)3-4-14-12/h3-4,8-9,16H,5-7H2,1-2H3/t8-,9+. The first-order valence-corrected chi connectivity index (χ1v) is 5.76. The van der Waals surface area contributed by atoms with E-state index in [0.29, 0.717) is 18.9 Å².